The molecule has 0 radical (unpaired) electrons. The molecule has 0 aliphatic heterocycles. The van der Waals surface area contributed by atoms with Crippen molar-refractivity contribution in [2.24, 2.45) is 5.73 Å². The van der Waals surface area contributed by atoms with Gasteiger partial charge in [0.2, 0.25) is 0 Å². The van der Waals surface area contributed by atoms with Crippen molar-refractivity contribution in [3.63, 3.8) is 0 Å². The Kier molecular flexibility index (Phi) is 7.28. The highest BCUT2D eigenvalue weighted by Crippen LogP contribution is 1.95. The SMILES string of the molecule is Cc1cn(CC[C@H](N)C(=O)OCC#N)c(=O)[nH]c1=O.Cl. The van der Waals surface area contributed by atoms with Gasteiger partial charge >= 0.3 is 11.7 Å². The maximum Gasteiger partial charge on any atom is 0.328 e. The van der Waals surface area contributed by atoms with Gasteiger partial charge in [-0.2, -0.15) is 5.26 Å². The lowest BCUT2D eigenvalue weighted by Crippen LogP contribution is -2.36. The smallest absolute Gasteiger partial charge is 0.328 e. The third kappa shape index (κ3) is 4.87. The topological polar surface area (TPSA) is 131 Å². The van der Waals surface area contributed by atoms with Gasteiger partial charge in [-0.25, -0.2) is 4.79 Å². The standard InChI is InChI=1S/C11H14N4O4.ClH/c1-7-6-15(11(18)14-9(7)16)4-2-8(13)10(17)19-5-3-12;/h6,8H,2,4-5,13H2,1H3,(H,14,16,18);1H/t8-;/m0./s1. The number of nitrogens with two attached hydrogens (primary N) is 1. The summed E-state index contributed by atoms with van der Waals surface area (Å²) in [7, 11) is 0. The van der Waals surface area contributed by atoms with Gasteiger partial charge in [0, 0.05) is 18.3 Å². The third-order valence-electron chi connectivity index (χ3n) is 2.45. The number of nitriles is 1. The molecule has 0 amide bonds. The number of carbonyl (C=O) groups excluding carboxylic acids is 1. The molecule has 1 heterocycles. The molecule has 9 heteroatoms. The summed E-state index contributed by atoms with van der Waals surface area (Å²) >= 11 is 0. The van der Waals surface area contributed by atoms with Gasteiger partial charge in [0.05, 0.1) is 0 Å². The van der Waals surface area contributed by atoms with Crippen molar-refractivity contribution in [3.8, 4) is 6.07 Å². The zero-order chi connectivity index (χ0) is 14.4. The number of aryl methyl sites for hydroxylation is 2. The Morgan fingerprint density at radius 2 is 2.25 bits per heavy atom. The van der Waals surface area contributed by atoms with Crippen LogP contribution in [0.15, 0.2) is 15.8 Å². The molecule has 1 aromatic heterocycles. The highest BCUT2D eigenvalue weighted by Gasteiger charge is 2.15. The Hall–Kier alpha value is -2.11. The summed E-state index contributed by atoms with van der Waals surface area (Å²) in [4.78, 5) is 36.0. The number of H-pyrrole nitrogens is 1. The number of aromatic amines is 1. The van der Waals surface area contributed by atoms with Crippen LogP contribution in [0.5, 0.6) is 0 Å². The van der Waals surface area contributed by atoms with Crippen molar-refractivity contribution in [3.05, 3.63) is 32.6 Å². The van der Waals surface area contributed by atoms with E-state index in [1.807, 2.05) is 0 Å². The van der Waals surface area contributed by atoms with Crippen LogP contribution in [0.2, 0.25) is 0 Å². The predicted octanol–water partition coefficient (Wildman–Crippen LogP) is -0.949. The van der Waals surface area contributed by atoms with Crippen molar-refractivity contribution in [1.82, 2.24) is 9.55 Å². The Labute approximate surface area is 120 Å². The van der Waals surface area contributed by atoms with E-state index in [1.54, 1.807) is 13.0 Å². The Balaban J connectivity index is 0.00000361. The Morgan fingerprint density at radius 3 is 2.85 bits per heavy atom. The molecule has 0 aliphatic carbocycles. The molecule has 0 bridgehead atoms. The van der Waals surface area contributed by atoms with E-state index in [2.05, 4.69) is 9.72 Å². The van der Waals surface area contributed by atoms with E-state index < -0.39 is 23.3 Å². The zero-order valence-electron chi connectivity index (χ0n) is 10.8. The van der Waals surface area contributed by atoms with Crippen LogP contribution in [-0.2, 0) is 16.1 Å². The molecule has 0 unspecified atom stereocenters. The number of ether oxygens (including phenoxy) is 1. The van der Waals surface area contributed by atoms with Crippen molar-refractivity contribution in [2.75, 3.05) is 6.61 Å². The number of nitrogens with zero attached hydrogens (tertiary/aromatic N) is 2. The summed E-state index contributed by atoms with van der Waals surface area (Å²) < 4.78 is 5.80. The molecule has 0 aromatic carbocycles. The van der Waals surface area contributed by atoms with Gasteiger partial charge in [-0.15, -0.1) is 12.4 Å². The molecular weight excluding hydrogens is 288 g/mol. The molecule has 0 fully saturated rings. The normalized spacial score (nSPS) is 11.1. The van der Waals surface area contributed by atoms with Crippen LogP contribution in [0.3, 0.4) is 0 Å². The van der Waals surface area contributed by atoms with Gasteiger partial charge in [-0.1, -0.05) is 0 Å². The number of aromatic nitrogens is 2. The first-order valence-electron chi connectivity index (χ1n) is 5.55. The van der Waals surface area contributed by atoms with Crippen LogP contribution in [0.4, 0.5) is 0 Å². The maximum absolute atomic E-state index is 11.5. The molecule has 0 aliphatic rings. The zero-order valence-corrected chi connectivity index (χ0v) is 11.6. The molecule has 0 saturated carbocycles. The molecule has 20 heavy (non-hydrogen) atoms. The number of rotatable bonds is 5. The van der Waals surface area contributed by atoms with E-state index in [0.29, 0.717) is 5.56 Å². The largest absolute Gasteiger partial charge is 0.449 e. The fraction of sp³-hybridized carbons (Fsp3) is 0.455. The lowest BCUT2D eigenvalue weighted by Gasteiger charge is -2.11. The van der Waals surface area contributed by atoms with Gasteiger partial charge in [0.15, 0.2) is 6.61 Å². The van der Waals surface area contributed by atoms with Crippen LogP contribution in [0.1, 0.15) is 12.0 Å². The number of halogens is 1. The van der Waals surface area contributed by atoms with Crippen LogP contribution >= 0.6 is 12.4 Å². The molecule has 0 spiro atoms. The first-order chi connectivity index (χ1) is 8.95. The predicted molar refractivity (Wildman–Crippen MR) is 72.5 cm³/mol. The Bertz CT molecular complexity index is 616. The highest BCUT2D eigenvalue weighted by molar-refractivity contribution is 5.85. The quantitative estimate of drug-likeness (QED) is 0.674. The van der Waals surface area contributed by atoms with Crippen LogP contribution in [0.25, 0.3) is 0 Å². The van der Waals surface area contributed by atoms with E-state index in [9.17, 15) is 14.4 Å². The second-order valence-corrected chi connectivity index (χ2v) is 3.93. The van der Waals surface area contributed by atoms with E-state index in [4.69, 9.17) is 11.0 Å². The summed E-state index contributed by atoms with van der Waals surface area (Å²) in [6.45, 7) is 1.37. The minimum absolute atomic E-state index is 0. The summed E-state index contributed by atoms with van der Waals surface area (Å²) in [6, 6.07) is 0.733. The molecular formula is C11H15ClN4O4. The molecule has 0 saturated heterocycles. The number of nitrogens with one attached hydrogen (secondary N) is 1. The van der Waals surface area contributed by atoms with E-state index in [1.165, 1.54) is 10.8 Å². The summed E-state index contributed by atoms with van der Waals surface area (Å²) in [5.74, 6) is -0.698. The van der Waals surface area contributed by atoms with Gasteiger partial charge in [-0.3, -0.25) is 14.6 Å². The van der Waals surface area contributed by atoms with Gasteiger partial charge in [0.25, 0.3) is 5.56 Å². The van der Waals surface area contributed by atoms with Crippen molar-refractivity contribution in [2.45, 2.75) is 25.9 Å². The highest BCUT2D eigenvalue weighted by atomic mass is 35.5. The average molecular weight is 303 g/mol. The minimum Gasteiger partial charge on any atom is -0.449 e. The summed E-state index contributed by atoms with van der Waals surface area (Å²) in [5.41, 5.74) is 4.93. The minimum atomic E-state index is -0.924. The number of carbonyl (C=O) groups is 1. The average Bonchev–Trinajstić information content (AvgIpc) is 2.38. The molecule has 8 nitrogen and oxygen atoms in total. The third-order valence-corrected chi connectivity index (χ3v) is 2.45. The van der Waals surface area contributed by atoms with E-state index in [0.717, 1.165) is 0 Å². The van der Waals surface area contributed by atoms with E-state index in [-0.39, 0.29) is 32.0 Å². The van der Waals surface area contributed by atoms with Gasteiger partial charge in [-0.05, 0) is 13.3 Å². The van der Waals surface area contributed by atoms with E-state index >= 15 is 0 Å². The van der Waals surface area contributed by atoms with Gasteiger partial charge < -0.3 is 15.0 Å². The number of esters is 1. The van der Waals surface area contributed by atoms with Crippen molar-refractivity contribution in [1.29, 1.82) is 5.26 Å². The second kappa shape index (κ2) is 8.14. The van der Waals surface area contributed by atoms with Gasteiger partial charge in [0.1, 0.15) is 12.1 Å². The second-order valence-electron chi connectivity index (χ2n) is 3.93. The first-order valence-corrected chi connectivity index (χ1v) is 5.55. The number of hydrogen-bond acceptors (Lipinski definition) is 6. The lowest BCUT2D eigenvalue weighted by atomic mass is 10.2. The monoisotopic (exact) mass is 302 g/mol. The fourth-order valence-electron chi connectivity index (χ4n) is 1.39. The molecule has 110 valence electrons. The van der Waals surface area contributed by atoms with Crippen LogP contribution in [-0.4, -0.2) is 28.2 Å². The molecule has 1 aromatic rings. The molecule has 1 rings (SSSR count). The fourth-order valence-corrected chi connectivity index (χ4v) is 1.39. The summed E-state index contributed by atoms with van der Waals surface area (Å²) in [5, 5.41) is 8.25. The first kappa shape index (κ1) is 17.9. The van der Waals surface area contributed by atoms with Crippen LogP contribution < -0.4 is 17.0 Å². The summed E-state index contributed by atoms with van der Waals surface area (Å²) in [6.07, 6.45) is 1.56. The van der Waals surface area contributed by atoms with Crippen molar-refractivity contribution >= 4 is 18.4 Å². The van der Waals surface area contributed by atoms with Crippen LogP contribution in [0, 0.1) is 18.3 Å². The molecule has 3 N–H and O–H groups in total. The lowest BCUT2D eigenvalue weighted by molar-refractivity contribution is -0.144. The maximum atomic E-state index is 11.5. The molecule has 1 atom stereocenters. The Morgan fingerprint density at radius 1 is 1.60 bits per heavy atom. The van der Waals surface area contributed by atoms with Crippen molar-refractivity contribution < 1.29 is 9.53 Å². The number of hydrogen-bond donors (Lipinski definition) is 2.